The third-order valence-corrected chi connectivity index (χ3v) is 4.91. The molecule has 2 unspecified atom stereocenters. The Labute approximate surface area is 192 Å². The number of carbonyl (C=O) groups is 3. The van der Waals surface area contributed by atoms with E-state index in [4.69, 9.17) is 9.47 Å². The zero-order valence-electron chi connectivity index (χ0n) is 18.5. The van der Waals surface area contributed by atoms with Crippen molar-refractivity contribution >= 4 is 17.8 Å². The quantitative estimate of drug-likeness (QED) is 0.222. The van der Waals surface area contributed by atoms with Crippen molar-refractivity contribution in [3.63, 3.8) is 0 Å². The monoisotopic (exact) mass is 443 g/mol. The Hall–Kier alpha value is -4.19. The Bertz CT molecular complexity index is 1120. The third kappa shape index (κ3) is 6.40. The van der Waals surface area contributed by atoms with Crippen LogP contribution in [0, 0.1) is 0 Å². The van der Waals surface area contributed by atoms with Crippen LogP contribution in [-0.2, 0) is 9.53 Å². The van der Waals surface area contributed by atoms with Crippen LogP contribution in [0.15, 0.2) is 97.1 Å². The van der Waals surface area contributed by atoms with Crippen LogP contribution in [0.25, 0.3) is 0 Å². The van der Waals surface area contributed by atoms with E-state index >= 15 is 0 Å². The zero-order valence-corrected chi connectivity index (χ0v) is 18.5. The van der Waals surface area contributed by atoms with Crippen LogP contribution in [0.3, 0.4) is 0 Å². The summed E-state index contributed by atoms with van der Waals surface area (Å²) in [5.74, 6) is -0.231. The molecule has 0 saturated heterocycles. The topological polar surface area (TPSA) is 81.7 Å². The lowest BCUT2D eigenvalue weighted by atomic mass is 10.0. The van der Waals surface area contributed by atoms with Crippen molar-refractivity contribution in [1.29, 1.82) is 0 Å². The summed E-state index contributed by atoms with van der Waals surface area (Å²) in [7, 11) is 0. The zero-order chi connectivity index (χ0) is 23.8. The number of amides is 1. The summed E-state index contributed by atoms with van der Waals surface area (Å²) >= 11 is 0. The second-order valence-electron chi connectivity index (χ2n) is 7.56. The van der Waals surface area contributed by atoms with Gasteiger partial charge in [0.25, 0.3) is 0 Å². The molecule has 0 radical (unpaired) electrons. The maximum atomic E-state index is 12.5. The molecule has 0 bridgehead atoms. The van der Waals surface area contributed by atoms with Crippen LogP contribution >= 0.6 is 0 Å². The molecule has 3 aromatic rings. The van der Waals surface area contributed by atoms with E-state index < -0.39 is 18.3 Å². The Morgan fingerprint density at radius 2 is 1.36 bits per heavy atom. The van der Waals surface area contributed by atoms with Crippen molar-refractivity contribution < 1.29 is 23.9 Å². The molecular weight excluding hydrogens is 418 g/mol. The van der Waals surface area contributed by atoms with Gasteiger partial charge in [-0.25, -0.2) is 4.79 Å². The number of hydrogen-bond donors (Lipinski definition) is 1. The van der Waals surface area contributed by atoms with E-state index in [1.807, 2.05) is 24.3 Å². The lowest BCUT2D eigenvalue weighted by Gasteiger charge is -2.25. The van der Waals surface area contributed by atoms with Gasteiger partial charge in [0.2, 0.25) is 5.91 Å². The number of hydrogen-bond acceptors (Lipinski definition) is 5. The van der Waals surface area contributed by atoms with Crippen molar-refractivity contribution in [3.05, 3.63) is 114 Å². The number of carbonyl (C=O) groups excluding carboxylic acids is 3. The summed E-state index contributed by atoms with van der Waals surface area (Å²) in [6.07, 6.45) is -1.71. The van der Waals surface area contributed by atoms with Crippen molar-refractivity contribution in [2.75, 3.05) is 0 Å². The van der Waals surface area contributed by atoms with Gasteiger partial charge in [-0.3, -0.25) is 9.59 Å². The van der Waals surface area contributed by atoms with Crippen molar-refractivity contribution in [2.24, 2.45) is 0 Å². The van der Waals surface area contributed by atoms with Crippen molar-refractivity contribution in [2.45, 2.75) is 26.0 Å². The molecule has 6 heteroatoms. The van der Waals surface area contributed by atoms with Crippen molar-refractivity contribution in [3.8, 4) is 5.75 Å². The molecule has 0 heterocycles. The maximum Gasteiger partial charge on any atom is 0.514 e. The first-order valence-corrected chi connectivity index (χ1v) is 10.4. The SMILES string of the molecule is C=C(C)C(=O)NC(C)C(OC(=O)Oc1ccc(C(=O)c2ccccc2)cc1)c1ccccc1. The molecule has 0 saturated carbocycles. The number of ketones is 1. The van der Waals surface area contributed by atoms with Gasteiger partial charge in [-0.15, -0.1) is 0 Å². The summed E-state index contributed by atoms with van der Waals surface area (Å²) in [5.41, 5.74) is 2.09. The Morgan fingerprint density at radius 1 is 0.818 bits per heavy atom. The molecule has 1 amide bonds. The highest BCUT2D eigenvalue weighted by Gasteiger charge is 2.26. The first-order chi connectivity index (χ1) is 15.8. The van der Waals surface area contributed by atoms with E-state index in [1.165, 1.54) is 12.1 Å². The first kappa shape index (κ1) is 23.5. The van der Waals surface area contributed by atoms with E-state index in [0.717, 1.165) is 0 Å². The molecule has 1 N–H and O–H groups in total. The van der Waals surface area contributed by atoms with Gasteiger partial charge < -0.3 is 14.8 Å². The first-order valence-electron chi connectivity index (χ1n) is 10.4. The minimum atomic E-state index is -0.928. The number of benzene rings is 3. The lowest BCUT2D eigenvalue weighted by Crippen LogP contribution is -2.39. The fourth-order valence-corrected chi connectivity index (χ4v) is 3.16. The molecular formula is C27H25NO5. The molecule has 168 valence electrons. The molecule has 3 aromatic carbocycles. The van der Waals surface area contributed by atoms with Gasteiger partial charge in [-0.05, 0) is 43.7 Å². The van der Waals surface area contributed by atoms with Gasteiger partial charge in [0.15, 0.2) is 11.9 Å². The minimum Gasteiger partial charge on any atom is -0.424 e. The molecule has 2 atom stereocenters. The molecule has 6 nitrogen and oxygen atoms in total. The summed E-state index contributed by atoms with van der Waals surface area (Å²) in [6, 6.07) is 23.7. The molecule has 3 rings (SSSR count). The highest BCUT2D eigenvalue weighted by molar-refractivity contribution is 6.09. The van der Waals surface area contributed by atoms with Crippen LogP contribution in [0.5, 0.6) is 5.75 Å². The fraction of sp³-hybridized carbons (Fsp3) is 0.148. The van der Waals surface area contributed by atoms with Gasteiger partial charge in [-0.2, -0.15) is 0 Å². The largest absolute Gasteiger partial charge is 0.514 e. The Balaban J connectivity index is 1.69. The average molecular weight is 443 g/mol. The van der Waals surface area contributed by atoms with E-state index in [2.05, 4.69) is 11.9 Å². The minimum absolute atomic E-state index is 0.129. The molecule has 0 spiro atoms. The Kier molecular flexibility index (Phi) is 7.76. The highest BCUT2D eigenvalue weighted by atomic mass is 16.7. The molecule has 33 heavy (non-hydrogen) atoms. The second kappa shape index (κ2) is 10.9. The maximum absolute atomic E-state index is 12.5. The van der Waals surface area contributed by atoms with Crippen molar-refractivity contribution in [1.82, 2.24) is 5.32 Å². The predicted molar refractivity (Wildman–Crippen MR) is 125 cm³/mol. The fourth-order valence-electron chi connectivity index (χ4n) is 3.16. The molecule has 0 aliphatic carbocycles. The van der Waals surface area contributed by atoms with Crippen LogP contribution in [0.2, 0.25) is 0 Å². The van der Waals surface area contributed by atoms with Gasteiger partial charge >= 0.3 is 6.16 Å². The molecule has 0 aliphatic heterocycles. The number of ether oxygens (including phenoxy) is 2. The smallest absolute Gasteiger partial charge is 0.424 e. The van der Waals surface area contributed by atoms with Gasteiger partial charge in [0, 0.05) is 16.7 Å². The second-order valence-corrected chi connectivity index (χ2v) is 7.56. The summed E-state index contributed by atoms with van der Waals surface area (Å²) in [5, 5.41) is 2.77. The standard InChI is InChI=1S/C27H25NO5/c1-18(2)26(30)28-19(3)25(22-12-8-5-9-13-22)33-27(31)32-23-16-14-21(15-17-23)24(29)20-10-6-4-7-11-20/h4-17,19,25H,1H2,2-3H3,(H,28,30). The summed E-state index contributed by atoms with van der Waals surface area (Å²) < 4.78 is 10.9. The number of rotatable bonds is 8. The van der Waals surface area contributed by atoms with E-state index in [9.17, 15) is 14.4 Å². The predicted octanol–water partition coefficient (Wildman–Crippen LogP) is 5.26. The molecule has 0 aromatic heterocycles. The van der Waals surface area contributed by atoms with Crippen LogP contribution < -0.4 is 10.1 Å². The average Bonchev–Trinajstić information content (AvgIpc) is 2.83. The Morgan fingerprint density at radius 3 is 1.94 bits per heavy atom. The van der Waals surface area contributed by atoms with Gasteiger partial charge in [0.05, 0.1) is 6.04 Å². The van der Waals surface area contributed by atoms with E-state index in [-0.39, 0.29) is 17.4 Å². The lowest BCUT2D eigenvalue weighted by molar-refractivity contribution is -0.119. The molecule has 0 aliphatic rings. The third-order valence-electron chi connectivity index (χ3n) is 4.91. The normalized spacial score (nSPS) is 12.2. The van der Waals surface area contributed by atoms with E-state index in [1.54, 1.807) is 62.4 Å². The number of nitrogens with one attached hydrogen (secondary N) is 1. The van der Waals surface area contributed by atoms with Gasteiger partial charge in [0.1, 0.15) is 5.75 Å². The summed E-state index contributed by atoms with van der Waals surface area (Å²) in [4.78, 5) is 37.1. The van der Waals surface area contributed by atoms with Crippen LogP contribution in [0.1, 0.15) is 41.4 Å². The van der Waals surface area contributed by atoms with E-state index in [0.29, 0.717) is 22.3 Å². The highest BCUT2D eigenvalue weighted by Crippen LogP contribution is 2.23. The summed E-state index contributed by atoms with van der Waals surface area (Å²) in [6.45, 7) is 6.96. The van der Waals surface area contributed by atoms with Crippen LogP contribution in [0.4, 0.5) is 4.79 Å². The van der Waals surface area contributed by atoms with Gasteiger partial charge in [-0.1, -0.05) is 67.2 Å². The molecule has 0 fully saturated rings. The van der Waals surface area contributed by atoms with Crippen LogP contribution in [-0.4, -0.2) is 23.9 Å².